The highest BCUT2D eigenvalue weighted by Gasteiger charge is 2.15. The van der Waals surface area contributed by atoms with Crippen molar-refractivity contribution in [1.29, 1.82) is 0 Å². The summed E-state index contributed by atoms with van der Waals surface area (Å²) in [7, 11) is 1.50. The third-order valence-corrected chi connectivity index (χ3v) is 2.98. The maximum absolute atomic E-state index is 12.1. The lowest BCUT2D eigenvalue weighted by Gasteiger charge is -2.14. The van der Waals surface area contributed by atoms with Crippen molar-refractivity contribution in [1.82, 2.24) is 10.3 Å². The van der Waals surface area contributed by atoms with Crippen molar-refractivity contribution in [2.75, 3.05) is 7.11 Å². The fourth-order valence-corrected chi connectivity index (χ4v) is 1.82. The molecule has 104 valence electrons. The summed E-state index contributed by atoms with van der Waals surface area (Å²) in [6, 6.07) is 8.05. The number of hydrogen-bond acceptors (Lipinski definition) is 4. The molecule has 0 aliphatic carbocycles. The Labute approximate surface area is 117 Å². The summed E-state index contributed by atoms with van der Waals surface area (Å²) >= 11 is 0. The number of aromatic nitrogens is 1. The highest BCUT2D eigenvalue weighted by atomic mass is 16.5. The van der Waals surface area contributed by atoms with Crippen LogP contribution >= 0.6 is 0 Å². The Hall–Kier alpha value is -2.56. The van der Waals surface area contributed by atoms with Gasteiger partial charge in [0.15, 0.2) is 0 Å². The monoisotopic (exact) mass is 272 g/mol. The summed E-state index contributed by atoms with van der Waals surface area (Å²) in [5.41, 5.74) is 1.11. The van der Waals surface area contributed by atoms with Gasteiger partial charge in [-0.15, -0.1) is 0 Å². The molecule has 1 amide bonds. The van der Waals surface area contributed by atoms with Crippen molar-refractivity contribution < 1.29 is 14.6 Å². The number of hydrogen-bond donors (Lipinski definition) is 2. The molecule has 0 saturated heterocycles. The Morgan fingerprint density at radius 1 is 1.40 bits per heavy atom. The molecule has 2 rings (SSSR count). The standard InChI is InChI=1S/C15H16N2O3/c1-10(11-4-3-7-16-9-11)17-15(19)13-6-5-12(20-2)8-14(13)18/h3-10,18H,1-2H3,(H,17,19). The van der Waals surface area contributed by atoms with Crippen LogP contribution in [-0.4, -0.2) is 23.1 Å². The topological polar surface area (TPSA) is 71.5 Å². The summed E-state index contributed by atoms with van der Waals surface area (Å²) in [4.78, 5) is 16.1. The largest absolute Gasteiger partial charge is 0.507 e. The highest BCUT2D eigenvalue weighted by molar-refractivity contribution is 5.97. The van der Waals surface area contributed by atoms with E-state index in [0.29, 0.717) is 5.75 Å². The van der Waals surface area contributed by atoms with Gasteiger partial charge in [0.05, 0.1) is 18.7 Å². The number of ether oxygens (including phenoxy) is 1. The molecule has 20 heavy (non-hydrogen) atoms. The second-order valence-electron chi connectivity index (χ2n) is 4.36. The van der Waals surface area contributed by atoms with Gasteiger partial charge >= 0.3 is 0 Å². The summed E-state index contributed by atoms with van der Waals surface area (Å²) in [5, 5.41) is 12.6. The first kappa shape index (κ1) is 13.9. The molecule has 0 spiro atoms. The maximum Gasteiger partial charge on any atom is 0.255 e. The molecule has 5 heteroatoms. The summed E-state index contributed by atoms with van der Waals surface area (Å²) in [6.45, 7) is 1.86. The van der Waals surface area contributed by atoms with E-state index in [1.165, 1.54) is 19.2 Å². The van der Waals surface area contributed by atoms with Gasteiger partial charge in [0.25, 0.3) is 5.91 Å². The van der Waals surface area contributed by atoms with Gasteiger partial charge < -0.3 is 15.2 Å². The lowest BCUT2D eigenvalue weighted by atomic mass is 10.1. The lowest BCUT2D eigenvalue weighted by molar-refractivity contribution is 0.0937. The predicted octanol–water partition coefficient (Wildman–Crippen LogP) is 2.29. The minimum Gasteiger partial charge on any atom is -0.507 e. The van der Waals surface area contributed by atoms with Gasteiger partial charge in [0, 0.05) is 18.5 Å². The molecule has 1 aromatic carbocycles. The van der Waals surface area contributed by atoms with Gasteiger partial charge in [-0.25, -0.2) is 0 Å². The normalized spacial score (nSPS) is 11.7. The molecule has 5 nitrogen and oxygen atoms in total. The number of rotatable bonds is 4. The minimum absolute atomic E-state index is 0.111. The zero-order valence-corrected chi connectivity index (χ0v) is 11.3. The van der Waals surface area contributed by atoms with E-state index in [1.54, 1.807) is 18.5 Å². The molecular weight excluding hydrogens is 256 g/mol. The fraction of sp³-hybridized carbons (Fsp3) is 0.200. The Bertz CT molecular complexity index is 599. The van der Waals surface area contributed by atoms with Crippen molar-refractivity contribution >= 4 is 5.91 Å². The summed E-state index contributed by atoms with van der Waals surface area (Å²) in [5.74, 6) is 0.0427. The van der Waals surface area contributed by atoms with Crippen LogP contribution in [0.5, 0.6) is 11.5 Å². The second-order valence-corrected chi connectivity index (χ2v) is 4.36. The van der Waals surface area contributed by atoms with Crippen LogP contribution in [0.4, 0.5) is 0 Å². The highest BCUT2D eigenvalue weighted by Crippen LogP contribution is 2.24. The molecule has 0 saturated carbocycles. The average molecular weight is 272 g/mol. The van der Waals surface area contributed by atoms with Gasteiger partial charge in [-0.2, -0.15) is 0 Å². The van der Waals surface area contributed by atoms with E-state index in [2.05, 4.69) is 10.3 Å². The molecule has 0 aliphatic rings. The first-order chi connectivity index (χ1) is 9.61. The van der Waals surface area contributed by atoms with E-state index in [-0.39, 0.29) is 23.3 Å². The third-order valence-electron chi connectivity index (χ3n) is 2.98. The fourth-order valence-electron chi connectivity index (χ4n) is 1.82. The average Bonchev–Trinajstić information content (AvgIpc) is 2.47. The second kappa shape index (κ2) is 6.06. The molecule has 1 unspecified atom stereocenters. The molecule has 0 fully saturated rings. The van der Waals surface area contributed by atoms with Crippen LogP contribution < -0.4 is 10.1 Å². The molecule has 1 atom stereocenters. The zero-order valence-electron chi connectivity index (χ0n) is 11.3. The number of nitrogens with zero attached hydrogens (tertiary/aromatic N) is 1. The molecule has 2 N–H and O–H groups in total. The van der Waals surface area contributed by atoms with E-state index in [1.807, 2.05) is 19.1 Å². The Morgan fingerprint density at radius 3 is 2.80 bits per heavy atom. The Morgan fingerprint density at radius 2 is 2.20 bits per heavy atom. The van der Waals surface area contributed by atoms with Gasteiger partial charge in [0.2, 0.25) is 0 Å². The number of benzene rings is 1. The number of pyridine rings is 1. The SMILES string of the molecule is COc1ccc(C(=O)NC(C)c2cccnc2)c(O)c1. The van der Waals surface area contributed by atoms with Crippen molar-refractivity contribution in [3.63, 3.8) is 0 Å². The van der Waals surface area contributed by atoms with E-state index < -0.39 is 0 Å². The van der Waals surface area contributed by atoms with E-state index in [9.17, 15) is 9.90 Å². The van der Waals surface area contributed by atoms with E-state index in [0.717, 1.165) is 5.56 Å². The number of methoxy groups -OCH3 is 1. The quantitative estimate of drug-likeness (QED) is 0.895. The van der Waals surface area contributed by atoms with Crippen molar-refractivity contribution in [3.8, 4) is 11.5 Å². The van der Waals surface area contributed by atoms with Crippen molar-refractivity contribution in [2.45, 2.75) is 13.0 Å². The van der Waals surface area contributed by atoms with Crippen LogP contribution in [0.2, 0.25) is 0 Å². The number of aromatic hydroxyl groups is 1. The maximum atomic E-state index is 12.1. The van der Waals surface area contributed by atoms with Crippen molar-refractivity contribution in [3.05, 3.63) is 53.9 Å². The van der Waals surface area contributed by atoms with Gasteiger partial charge in [-0.1, -0.05) is 6.07 Å². The Kier molecular flexibility index (Phi) is 4.20. The van der Waals surface area contributed by atoms with Crippen LogP contribution in [0.1, 0.15) is 28.9 Å². The molecule has 0 aliphatic heterocycles. The molecule has 0 bridgehead atoms. The Balaban J connectivity index is 2.12. The van der Waals surface area contributed by atoms with Crippen LogP contribution in [-0.2, 0) is 0 Å². The van der Waals surface area contributed by atoms with Crippen LogP contribution in [0.25, 0.3) is 0 Å². The zero-order chi connectivity index (χ0) is 14.5. The number of carbonyl (C=O) groups is 1. The summed E-state index contributed by atoms with van der Waals surface area (Å²) in [6.07, 6.45) is 3.37. The van der Waals surface area contributed by atoms with Crippen LogP contribution in [0.15, 0.2) is 42.7 Å². The molecule has 2 aromatic rings. The molecule has 1 aromatic heterocycles. The van der Waals surface area contributed by atoms with E-state index >= 15 is 0 Å². The van der Waals surface area contributed by atoms with Gasteiger partial charge in [-0.3, -0.25) is 9.78 Å². The molecule has 1 heterocycles. The first-order valence-electron chi connectivity index (χ1n) is 6.19. The van der Waals surface area contributed by atoms with Gasteiger partial charge in [-0.05, 0) is 30.7 Å². The number of phenolic OH excluding ortho intramolecular Hbond substituents is 1. The number of phenols is 1. The molecular formula is C15H16N2O3. The van der Waals surface area contributed by atoms with Gasteiger partial charge in [0.1, 0.15) is 11.5 Å². The van der Waals surface area contributed by atoms with Crippen LogP contribution in [0.3, 0.4) is 0 Å². The number of nitrogens with one attached hydrogen (secondary N) is 1. The first-order valence-corrected chi connectivity index (χ1v) is 6.19. The van der Waals surface area contributed by atoms with E-state index in [4.69, 9.17) is 4.74 Å². The third kappa shape index (κ3) is 3.06. The number of amides is 1. The minimum atomic E-state index is -0.346. The van der Waals surface area contributed by atoms with Crippen LogP contribution in [0, 0.1) is 0 Å². The number of carbonyl (C=O) groups excluding carboxylic acids is 1. The summed E-state index contributed by atoms with van der Waals surface area (Å²) < 4.78 is 4.98. The molecule has 0 radical (unpaired) electrons. The smallest absolute Gasteiger partial charge is 0.255 e. The van der Waals surface area contributed by atoms with Crippen molar-refractivity contribution in [2.24, 2.45) is 0 Å². The lowest BCUT2D eigenvalue weighted by Crippen LogP contribution is -2.26. The predicted molar refractivity (Wildman–Crippen MR) is 74.8 cm³/mol.